The third-order valence-electron chi connectivity index (χ3n) is 4.26. The Labute approximate surface area is 138 Å². The van der Waals surface area contributed by atoms with Gasteiger partial charge in [0.1, 0.15) is 11.4 Å². The number of H-pyrrole nitrogens is 2. The van der Waals surface area contributed by atoms with E-state index in [9.17, 15) is 4.79 Å². The van der Waals surface area contributed by atoms with E-state index in [4.69, 9.17) is 4.74 Å². The fourth-order valence-electron chi connectivity index (χ4n) is 2.90. The third-order valence-corrected chi connectivity index (χ3v) is 4.26. The highest BCUT2D eigenvalue weighted by molar-refractivity contribution is 5.93. The van der Waals surface area contributed by atoms with Crippen LogP contribution in [-0.4, -0.2) is 44.6 Å². The second kappa shape index (κ2) is 5.84. The van der Waals surface area contributed by atoms with Gasteiger partial charge in [0.05, 0.1) is 37.1 Å². The number of amides is 1. The number of nitrogens with zero attached hydrogens (tertiary/aromatic N) is 3. The number of benzene rings is 1. The molecule has 1 aliphatic rings. The van der Waals surface area contributed by atoms with E-state index in [1.165, 1.54) is 0 Å². The monoisotopic (exact) mass is 323 g/mol. The van der Waals surface area contributed by atoms with Crippen molar-refractivity contribution in [3.63, 3.8) is 0 Å². The molecule has 7 nitrogen and oxygen atoms in total. The molecule has 0 atom stereocenters. The predicted molar refractivity (Wildman–Crippen MR) is 87.6 cm³/mol. The van der Waals surface area contributed by atoms with Crippen molar-refractivity contribution in [2.24, 2.45) is 0 Å². The molecule has 0 saturated heterocycles. The number of ether oxygens (including phenoxy) is 1. The van der Waals surface area contributed by atoms with E-state index in [-0.39, 0.29) is 5.91 Å². The molecule has 3 aromatic rings. The Balaban J connectivity index is 1.53. The van der Waals surface area contributed by atoms with E-state index < -0.39 is 0 Å². The van der Waals surface area contributed by atoms with Crippen LogP contribution < -0.4 is 4.74 Å². The number of carbonyl (C=O) groups excluding carboxylic acids is 1. The zero-order valence-corrected chi connectivity index (χ0v) is 13.2. The summed E-state index contributed by atoms with van der Waals surface area (Å²) in [7, 11) is 1.63. The van der Waals surface area contributed by atoms with Crippen LogP contribution in [0.3, 0.4) is 0 Å². The van der Waals surface area contributed by atoms with Crippen LogP contribution in [-0.2, 0) is 13.0 Å². The minimum absolute atomic E-state index is 0.0532. The van der Waals surface area contributed by atoms with E-state index in [2.05, 4.69) is 20.2 Å². The summed E-state index contributed by atoms with van der Waals surface area (Å²) in [5.74, 6) is 0.733. The number of carbonyl (C=O) groups is 1. The van der Waals surface area contributed by atoms with Crippen LogP contribution in [0.25, 0.3) is 11.3 Å². The third kappa shape index (κ3) is 2.54. The fourth-order valence-corrected chi connectivity index (χ4v) is 2.90. The smallest absolute Gasteiger partial charge is 0.272 e. The minimum Gasteiger partial charge on any atom is -0.497 e. The number of aromatic nitrogens is 4. The van der Waals surface area contributed by atoms with E-state index in [0.29, 0.717) is 18.8 Å². The van der Waals surface area contributed by atoms with Gasteiger partial charge in [0.25, 0.3) is 5.91 Å². The normalized spacial score (nSPS) is 13.6. The van der Waals surface area contributed by atoms with Crippen LogP contribution in [0.2, 0.25) is 0 Å². The molecule has 0 radical (unpaired) electrons. The quantitative estimate of drug-likeness (QED) is 0.772. The first-order valence-corrected chi connectivity index (χ1v) is 7.75. The maximum atomic E-state index is 12.7. The van der Waals surface area contributed by atoms with Crippen molar-refractivity contribution in [1.29, 1.82) is 0 Å². The molecule has 0 fully saturated rings. The lowest BCUT2D eigenvalue weighted by molar-refractivity contribution is 0.0726. The van der Waals surface area contributed by atoms with Crippen molar-refractivity contribution in [3.8, 4) is 17.0 Å². The summed E-state index contributed by atoms with van der Waals surface area (Å²) in [5, 5.41) is 7.11. The first-order valence-electron chi connectivity index (χ1n) is 7.75. The topological polar surface area (TPSA) is 86.9 Å². The van der Waals surface area contributed by atoms with Crippen molar-refractivity contribution in [2.45, 2.75) is 13.0 Å². The number of imidazole rings is 1. The molecule has 7 heteroatoms. The zero-order valence-electron chi connectivity index (χ0n) is 13.2. The summed E-state index contributed by atoms with van der Waals surface area (Å²) >= 11 is 0. The summed E-state index contributed by atoms with van der Waals surface area (Å²) in [6.07, 6.45) is 2.45. The van der Waals surface area contributed by atoms with Gasteiger partial charge in [0.15, 0.2) is 0 Å². The van der Waals surface area contributed by atoms with Gasteiger partial charge >= 0.3 is 0 Å². The minimum atomic E-state index is -0.0532. The molecule has 0 bridgehead atoms. The fraction of sp³-hybridized carbons (Fsp3) is 0.235. The maximum absolute atomic E-state index is 12.7. The van der Waals surface area contributed by atoms with Crippen molar-refractivity contribution in [3.05, 3.63) is 53.7 Å². The van der Waals surface area contributed by atoms with Crippen LogP contribution in [0, 0.1) is 0 Å². The van der Waals surface area contributed by atoms with Gasteiger partial charge in [-0.3, -0.25) is 9.89 Å². The molecule has 122 valence electrons. The molecule has 1 amide bonds. The molecule has 2 aromatic heterocycles. The molecule has 0 unspecified atom stereocenters. The van der Waals surface area contributed by atoms with E-state index in [1.807, 2.05) is 24.3 Å². The summed E-state index contributed by atoms with van der Waals surface area (Å²) in [4.78, 5) is 21.8. The first-order chi connectivity index (χ1) is 11.7. The van der Waals surface area contributed by atoms with Gasteiger partial charge in [-0.1, -0.05) is 0 Å². The number of rotatable bonds is 3. The largest absolute Gasteiger partial charge is 0.497 e. The van der Waals surface area contributed by atoms with Gasteiger partial charge < -0.3 is 14.6 Å². The lowest BCUT2D eigenvalue weighted by Crippen LogP contribution is -2.36. The average molecular weight is 323 g/mol. The van der Waals surface area contributed by atoms with Gasteiger partial charge in [-0.05, 0) is 30.3 Å². The molecule has 3 heterocycles. The van der Waals surface area contributed by atoms with Crippen LogP contribution in [0.15, 0.2) is 36.7 Å². The zero-order chi connectivity index (χ0) is 16.5. The molecule has 4 rings (SSSR count). The van der Waals surface area contributed by atoms with Gasteiger partial charge in [-0.25, -0.2) is 4.98 Å². The Morgan fingerprint density at radius 3 is 2.92 bits per heavy atom. The van der Waals surface area contributed by atoms with Gasteiger partial charge in [0.2, 0.25) is 0 Å². The summed E-state index contributed by atoms with van der Waals surface area (Å²) in [6.45, 7) is 1.21. The molecule has 24 heavy (non-hydrogen) atoms. The van der Waals surface area contributed by atoms with Crippen molar-refractivity contribution in [2.75, 3.05) is 13.7 Å². The van der Waals surface area contributed by atoms with Crippen molar-refractivity contribution >= 4 is 5.91 Å². The van der Waals surface area contributed by atoms with Crippen molar-refractivity contribution in [1.82, 2.24) is 25.1 Å². The lowest BCUT2D eigenvalue weighted by atomic mass is 10.1. The summed E-state index contributed by atoms with van der Waals surface area (Å²) < 4.78 is 5.15. The highest BCUT2D eigenvalue weighted by Crippen LogP contribution is 2.22. The van der Waals surface area contributed by atoms with Crippen LogP contribution in [0.5, 0.6) is 5.75 Å². The maximum Gasteiger partial charge on any atom is 0.272 e. The molecule has 1 aliphatic heterocycles. The number of aromatic amines is 2. The predicted octanol–water partition coefficient (Wildman–Crippen LogP) is 2.01. The Bertz CT molecular complexity index is 865. The Morgan fingerprint density at radius 1 is 1.29 bits per heavy atom. The average Bonchev–Trinajstić information content (AvgIpc) is 3.30. The van der Waals surface area contributed by atoms with Crippen molar-refractivity contribution < 1.29 is 9.53 Å². The highest BCUT2D eigenvalue weighted by Gasteiger charge is 2.24. The lowest BCUT2D eigenvalue weighted by Gasteiger charge is -2.25. The molecular formula is C17H17N5O2. The summed E-state index contributed by atoms with van der Waals surface area (Å²) in [5.41, 5.74) is 4.21. The van der Waals surface area contributed by atoms with Gasteiger partial charge in [-0.2, -0.15) is 5.10 Å². The number of nitrogens with one attached hydrogen (secondary N) is 2. The van der Waals surface area contributed by atoms with Gasteiger partial charge in [-0.15, -0.1) is 0 Å². The van der Waals surface area contributed by atoms with E-state index in [0.717, 1.165) is 34.8 Å². The van der Waals surface area contributed by atoms with E-state index >= 15 is 0 Å². The second-order valence-electron chi connectivity index (χ2n) is 5.70. The van der Waals surface area contributed by atoms with Crippen LogP contribution in [0.4, 0.5) is 0 Å². The Hall–Kier alpha value is -3.09. The first kappa shape index (κ1) is 14.5. The summed E-state index contributed by atoms with van der Waals surface area (Å²) in [6, 6.07) is 9.36. The highest BCUT2D eigenvalue weighted by atomic mass is 16.5. The number of hydrogen-bond acceptors (Lipinski definition) is 4. The SMILES string of the molecule is COc1ccc(-c2cc(C(=O)N3CCc4nc[nH]c4C3)[nH]n2)cc1. The molecular weight excluding hydrogens is 306 g/mol. The van der Waals surface area contributed by atoms with E-state index in [1.54, 1.807) is 24.4 Å². The number of methoxy groups -OCH3 is 1. The molecule has 2 N–H and O–H groups in total. The molecule has 0 saturated carbocycles. The van der Waals surface area contributed by atoms with Crippen LogP contribution >= 0.6 is 0 Å². The second-order valence-corrected chi connectivity index (χ2v) is 5.70. The molecule has 0 aliphatic carbocycles. The Kier molecular flexibility index (Phi) is 3.53. The molecule has 0 spiro atoms. The Morgan fingerprint density at radius 2 is 2.12 bits per heavy atom. The number of fused-ring (bicyclic) bond motifs is 1. The van der Waals surface area contributed by atoms with Crippen LogP contribution in [0.1, 0.15) is 21.9 Å². The standard InChI is InChI=1S/C17H17N5O2/c1-24-12-4-2-11(3-5-12)14-8-15(21-20-14)17(23)22-7-6-13-16(9-22)19-10-18-13/h2-5,8,10H,6-7,9H2,1H3,(H,18,19)(H,20,21). The number of hydrogen-bond donors (Lipinski definition) is 2. The molecule has 1 aromatic carbocycles. The van der Waals surface area contributed by atoms with Gasteiger partial charge in [0, 0.05) is 18.5 Å².